The Bertz CT molecular complexity index is 692. The molecule has 124 valence electrons. The summed E-state index contributed by atoms with van der Waals surface area (Å²) in [6.07, 6.45) is 1.31. The van der Waals surface area contributed by atoms with Crippen LogP contribution in [0.4, 0.5) is 5.69 Å². The Hall–Kier alpha value is -2.66. The van der Waals surface area contributed by atoms with Crippen LogP contribution in [0, 0.1) is 0 Å². The fraction of sp³-hybridized carbons (Fsp3) is 0.263. The second-order valence-corrected chi connectivity index (χ2v) is 5.74. The second-order valence-electron chi connectivity index (χ2n) is 5.74. The first-order valence-corrected chi connectivity index (χ1v) is 8.07. The van der Waals surface area contributed by atoms with Crippen molar-refractivity contribution in [3.8, 4) is 0 Å². The van der Waals surface area contributed by atoms with Crippen molar-refractivity contribution in [1.29, 1.82) is 0 Å². The number of nitrogens with one attached hydrogen (secondary N) is 2. The van der Waals surface area contributed by atoms with Gasteiger partial charge < -0.3 is 15.4 Å². The average Bonchev–Trinajstić information content (AvgIpc) is 3.16. The second kappa shape index (κ2) is 7.75. The van der Waals surface area contributed by atoms with Gasteiger partial charge in [0.2, 0.25) is 0 Å². The molecular weight excluding hydrogens is 304 g/mol. The molecule has 24 heavy (non-hydrogen) atoms. The van der Waals surface area contributed by atoms with Crippen molar-refractivity contribution in [1.82, 2.24) is 5.32 Å². The maximum atomic E-state index is 12.1. The van der Waals surface area contributed by atoms with Gasteiger partial charge in [-0.3, -0.25) is 9.59 Å². The molecule has 1 heterocycles. The largest absolute Gasteiger partial charge is 0.368 e. The number of benzene rings is 2. The Morgan fingerprint density at radius 3 is 2.46 bits per heavy atom. The minimum atomic E-state index is -0.362. The summed E-state index contributed by atoms with van der Waals surface area (Å²) in [7, 11) is 0. The zero-order chi connectivity index (χ0) is 16.8. The van der Waals surface area contributed by atoms with Crippen LogP contribution in [0.1, 0.15) is 28.8 Å². The molecule has 0 aromatic heterocycles. The molecular formula is C19H20N2O3. The summed E-state index contributed by atoms with van der Waals surface area (Å²) in [5.41, 5.74) is 2.27. The van der Waals surface area contributed by atoms with E-state index in [1.165, 1.54) is 0 Å². The van der Waals surface area contributed by atoms with Gasteiger partial charge in [0, 0.05) is 24.4 Å². The fourth-order valence-corrected chi connectivity index (χ4v) is 2.59. The predicted molar refractivity (Wildman–Crippen MR) is 91.7 cm³/mol. The van der Waals surface area contributed by atoms with E-state index >= 15 is 0 Å². The standard InChI is InChI=1S/C19H20N2O3/c22-18(20-13-14-5-2-1-3-6-14)15-8-10-16(11-9-15)21-19(23)17-7-4-12-24-17/h1-3,5-6,8-11,17H,4,7,12-13H2,(H,20,22)(H,21,23)/t17-/m0/s1. The van der Waals surface area contributed by atoms with Gasteiger partial charge in [0.05, 0.1) is 0 Å². The van der Waals surface area contributed by atoms with Crippen LogP contribution in [0.15, 0.2) is 54.6 Å². The lowest BCUT2D eigenvalue weighted by Gasteiger charge is -2.11. The number of anilines is 1. The Labute approximate surface area is 141 Å². The van der Waals surface area contributed by atoms with E-state index in [-0.39, 0.29) is 17.9 Å². The predicted octanol–water partition coefficient (Wildman–Crippen LogP) is 2.73. The number of ether oxygens (including phenoxy) is 1. The van der Waals surface area contributed by atoms with Gasteiger partial charge in [0.15, 0.2) is 0 Å². The summed E-state index contributed by atoms with van der Waals surface area (Å²) < 4.78 is 5.35. The van der Waals surface area contributed by atoms with Crippen molar-refractivity contribution in [2.24, 2.45) is 0 Å². The van der Waals surface area contributed by atoms with E-state index in [9.17, 15) is 9.59 Å². The molecule has 1 atom stereocenters. The number of carbonyl (C=O) groups is 2. The zero-order valence-electron chi connectivity index (χ0n) is 13.3. The van der Waals surface area contributed by atoms with Gasteiger partial charge in [-0.05, 0) is 42.7 Å². The third-order valence-electron chi connectivity index (χ3n) is 3.93. The van der Waals surface area contributed by atoms with E-state index in [0.29, 0.717) is 24.4 Å². The molecule has 1 aliphatic rings. The summed E-state index contributed by atoms with van der Waals surface area (Å²) in [5, 5.41) is 5.69. The monoisotopic (exact) mass is 324 g/mol. The zero-order valence-corrected chi connectivity index (χ0v) is 13.3. The summed E-state index contributed by atoms with van der Waals surface area (Å²) in [4.78, 5) is 24.1. The summed E-state index contributed by atoms with van der Waals surface area (Å²) in [6, 6.07) is 16.6. The van der Waals surface area contributed by atoms with Gasteiger partial charge in [-0.1, -0.05) is 30.3 Å². The third kappa shape index (κ3) is 4.20. The third-order valence-corrected chi connectivity index (χ3v) is 3.93. The van der Waals surface area contributed by atoms with E-state index in [0.717, 1.165) is 18.4 Å². The van der Waals surface area contributed by atoms with Crippen LogP contribution in [-0.4, -0.2) is 24.5 Å². The van der Waals surface area contributed by atoms with Gasteiger partial charge in [-0.15, -0.1) is 0 Å². The van der Waals surface area contributed by atoms with Crippen LogP contribution in [0.25, 0.3) is 0 Å². The van der Waals surface area contributed by atoms with Crippen molar-refractivity contribution >= 4 is 17.5 Å². The number of hydrogen-bond acceptors (Lipinski definition) is 3. The van der Waals surface area contributed by atoms with Crippen LogP contribution >= 0.6 is 0 Å². The molecule has 2 aromatic carbocycles. The average molecular weight is 324 g/mol. The number of rotatable bonds is 5. The highest BCUT2D eigenvalue weighted by atomic mass is 16.5. The van der Waals surface area contributed by atoms with Gasteiger partial charge in [-0.2, -0.15) is 0 Å². The molecule has 2 N–H and O–H groups in total. The Kier molecular flexibility index (Phi) is 5.23. The summed E-state index contributed by atoms with van der Waals surface area (Å²) in [5.74, 6) is -0.273. The molecule has 3 rings (SSSR count). The van der Waals surface area contributed by atoms with E-state index in [1.807, 2.05) is 30.3 Å². The minimum absolute atomic E-state index is 0.131. The molecule has 0 saturated carbocycles. The number of hydrogen-bond donors (Lipinski definition) is 2. The maximum absolute atomic E-state index is 12.1. The van der Waals surface area contributed by atoms with Crippen LogP contribution in [0.5, 0.6) is 0 Å². The minimum Gasteiger partial charge on any atom is -0.368 e. The molecule has 0 radical (unpaired) electrons. The molecule has 2 aromatic rings. The Balaban J connectivity index is 1.53. The van der Waals surface area contributed by atoms with Crippen molar-refractivity contribution in [2.45, 2.75) is 25.5 Å². The first-order valence-electron chi connectivity index (χ1n) is 8.07. The molecule has 0 bridgehead atoms. The van der Waals surface area contributed by atoms with Gasteiger partial charge >= 0.3 is 0 Å². The van der Waals surface area contributed by atoms with E-state index in [1.54, 1.807) is 24.3 Å². The quantitative estimate of drug-likeness (QED) is 0.888. The Morgan fingerprint density at radius 2 is 1.79 bits per heavy atom. The Morgan fingerprint density at radius 1 is 1.04 bits per heavy atom. The van der Waals surface area contributed by atoms with Gasteiger partial charge in [0.25, 0.3) is 11.8 Å². The first kappa shape index (κ1) is 16.2. The SMILES string of the molecule is O=C(NCc1ccccc1)c1ccc(NC(=O)[C@@H]2CCCO2)cc1. The highest BCUT2D eigenvalue weighted by Crippen LogP contribution is 2.16. The molecule has 5 heteroatoms. The van der Waals surface area contributed by atoms with Crippen molar-refractivity contribution in [3.63, 3.8) is 0 Å². The lowest BCUT2D eigenvalue weighted by molar-refractivity contribution is -0.124. The van der Waals surface area contributed by atoms with Gasteiger partial charge in [0.1, 0.15) is 6.10 Å². The van der Waals surface area contributed by atoms with Crippen molar-refractivity contribution in [3.05, 3.63) is 65.7 Å². The topological polar surface area (TPSA) is 67.4 Å². The van der Waals surface area contributed by atoms with Crippen LogP contribution in [0.3, 0.4) is 0 Å². The molecule has 0 aliphatic carbocycles. The fourth-order valence-electron chi connectivity index (χ4n) is 2.59. The van der Waals surface area contributed by atoms with Crippen molar-refractivity contribution < 1.29 is 14.3 Å². The highest BCUT2D eigenvalue weighted by molar-refractivity contribution is 5.96. The highest BCUT2D eigenvalue weighted by Gasteiger charge is 2.23. The molecule has 5 nitrogen and oxygen atoms in total. The smallest absolute Gasteiger partial charge is 0.253 e. The van der Waals surface area contributed by atoms with E-state index < -0.39 is 0 Å². The lowest BCUT2D eigenvalue weighted by atomic mass is 10.1. The molecule has 0 unspecified atom stereocenters. The van der Waals surface area contributed by atoms with E-state index in [4.69, 9.17) is 4.74 Å². The normalized spacial score (nSPS) is 16.6. The molecule has 1 saturated heterocycles. The van der Waals surface area contributed by atoms with Crippen LogP contribution < -0.4 is 10.6 Å². The number of amides is 2. The molecule has 0 spiro atoms. The van der Waals surface area contributed by atoms with Crippen molar-refractivity contribution in [2.75, 3.05) is 11.9 Å². The summed E-state index contributed by atoms with van der Waals surface area (Å²) in [6.45, 7) is 1.12. The first-order chi connectivity index (χ1) is 11.7. The van der Waals surface area contributed by atoms with Crippen LogP contribution in [-0.2, 0) is 16.1 Å². The lowest BCUT2D eigenvalue weighted by Crippen LogP contribution is -2.27. The number of carbonyl (C=O) groups excluding carboxylic acids is 2. The molecule has 2 amide bonds. The molecule has 1 aliphatic heterocycles. The van der Waals surface area contributed by atoms with Crippen LogP contribution in [0.2, 0.25) is 0 Å². The van der Waals surface area contributed by atoms with Gasteiger partial charge in [-0.25, -0.2) is 0 Å². The maximum Gasteiger partial charge on any atom is 0.253 e. The molecule has 1 fully saturated rings. The summed E-state index contributed by atoms with van der Waals surface area (Å²) >= 11 is 0. The van der Waals surface area contributed by atoms with E-state index in [2.05, 4.69) is 10.6 Å².